The van der Waals surface area contributed by atoms with Crippen molar-refractivity contribution in [3.63, 3.8) is 0 Å². The maximum atomic E-state index is 8.63. The Morgan fingerprint density at radius 3 is 3.18 bits per heavy atom. The predicted molar refractivity (Wildman–Crippen MR) is 70.5 cm³/mol. The summed E-state index contributed by atoms with van der Waals surface area (Å²) in [7, 11) is 0. The molecule has 0 saturated heterocycles. The fourth-order valence-corrected chi connectivity index (χ4v) is 2.21. The summed E-state index contributed by atoms with van der Waals surface area (Å²) in [6.07, 6.45) is 4.49. The lowest BCUT2D eigenvalue weighted by Crippen LogP contribution is -2.07. The summed E-state index contributed by atoms with van der Waals surface area (Å²) >= 11 is 1.83. The number of nitrogens with zero attached hydrogens (tertiary/aromatic N) is 3. The first kappa shape index (κ1) is 12.2. The molecule has 0 atom stereocenters. The first-order valence-corrected chi connectivity index (χ1v) is 6.78. The van der Waals surface area contributed by atoms with Crippen molar-refractivity contribution in [2.24, 2.45) is 0 Å². The number of hydrogen-bond donors (Lipinski definition) is 2. The summed E-state index contributed by atoms with van der Waals surface area (Å²) in [6.45, 7) is 1.16. The molecule has 2 heterocycles. The summed E-state index contributed by atoms with van der Waals surface area (Å²) in [5.74, 6) is 2.90. The highest BCUT2D eigenvalue weighted by Crippen LogP contribution is 2.07. The van der Waals surface area contributed by atoms with E-state index in [1.54, 1.807) is 10.7 Å². The summed E-state index contributed by atoms with van der Waals surface area (Å²) in [5.41, 5.74) is 0.850. The minimum Gasteiger partial charge on any atom is -0.396 e. The molecule has 2 aromatic rings. The van der Waals surface area contributed by atoms with Crippen molar-refractivity contribution in [3.8, 4) is 0 Å². The molecule has 0 unspecified atom stereocenters. The van der Waals surface area contributed by atoms with Gasteiger partial charge in [-0.25, -0.2) is 9.50 Å². The molecule has 0 aromatic carbocycles. The van der Waals surface area contributed by atoms with Gasteiger partial charge in [0.05, 0.1) is 6.20 Å². The van der Waals surface area contributed by atoms with Gasteiger partial charge in [0.1, 0.15) is 5.82 Å². The molecule has 2 rings (SSSR count). The van der Waals surface area contributed by atoms with E-state index < -0.39 is 0 Å². The van der Waals surface area contributed by atoms with Gasteiger partial charge in [0.2, 0.25) is 0 Å². The Morgan fingerprint density at radius 1 is 1.35 bits per heavy atom. The SMILES string of the molecule is OCCCSCCNc1ccn2nccc2n1. The molecule has 0 amide bonds. The number of anilines is 1. The summed E-state index contributed by atoms with van der Waals surface area (Å²) < 4.78 is 1.74. The zero-order chi connectivity index (χ0) is 11.9. The number of fused-ring (bicyclic) bond motifs is 1. The Bertz CT molecular complexity index is 459. The molecule has 0 fully saturated rings. The second-order valence-electron chi connectivity index (χ2n) is 3.56. The van der Waals surface area contributed by atoms with Crippen molar-refractivity contribution in [1.82, 2.24) is 14.6 Å². The highest BCUT2D eigenvalue weighted by atomic mass is 32.2. The molecule has 2 N–H and O–H groups in total. The fourth-order valence-electron chi connectivity index (χ4n) is 1.43. The number of nitrogens with one attached hydrogen (secondary N) is 1. The standard InChI is InChI=1S/C11H16N4OS/c16-7-1-8-17-9-5-12-10-3-6-15-11(14-10)2-4-13-15/h2-4,6,16H,1,5,7-9H2,(H,12,14). The van der Waals surface area contributed by atoms with Crippen molar-refractivity contribution in [1.29, 1.82) is 0 Å². The molecular formula is C11H16N4OS. The number of rotatable bonds is 7. The molecule has 0 spiro atoms. The van der Waals surface area contributed by atoms with Crippen molar-refractivity contribution >= 4 is 23.2 Å². The normalized spacial score (nSPS) is 10.9. The summed E-state index contributed by atoms with van der Waals surface area (Å²) in [6, 6.07) is 3.79. The van der Waals surface area contributed by atoms with Crippen LogP contribution >= 0.6 is 11.8 Å². The number of aliphatic hydroxyl groups excluding tert-OH is 1. The van der Waals surface area contributed by atoms with E-state index in [0.717, 1.165) is 35.9 Å². The minimum absolute atomic E-state index is 0.278. The summed E-state index contributed by atoms with van der Waals surface area (Å²) in [5, 5.41) is 16.0. The van der Waals surface area contributed by atoms with Gasteiger partial charge >= 0.3 is 0 Å². The zero-order valence-corrected chi connectivity index (χ0v) is 10.4. The van der Waals surface area contributed by atoms with Crippen molar-refractivity contribution in [3.05, 3.63) is 24.5 Å². The van der Waals surface area contributed by atoms with Crippen LogP contribution in [0.25, 0.3) is 5.65 Å². The Morgan fingerprint density at radius 2 is 2.29 bits per heavy atom. The van der Waals surface area contributed by atoms with Crippen molar-refractivity contribution in [2.75, 3.05) is 30.0 Å². The van der Waals surface area contributed by atoms with E-state index in [2.05, 4.69) is 15.4 Å². The lowest BCUT2D eigenvalue weighted by molar-refractivity contribution is 0.296. The molecule has 17 heavy (non-hydrogen) atoms. The number of thioether (sulfide) groups is 1. The average molecular weight is 252 g/mol. The molecule has 92 valence electrons. The van der Waals surface area contributed by atoms with Gasteiger partial charge in [-0.05, 0) is 18.2 Å². The quantitative estimate of drug-likeness (QED) is 0.726. The van der Waals surface area contributed by atoms with E-state index >= 15 is 0 Å². The Kier molecular flexibility index (Phi) is 4.63. The van der Waals surface area contributed by atoms with Crippen LogP contribution in [0.2, 0.25) is 0 Å². The monoisotopic (exact) mass is 252 g/mol. The molecule has 0 bridgehead atoms. The average Bonchev–Trinajstić information content (AvgIpc) is 2.81. The molecule has 5 nitrogen and oxygen atoms in total. The maximum absolute atomic E-state index is 8.63. The van der Waals surface area contributed by atoms with Gasteiger partial charge in [-0.3, -0.25) is 0 Å². The van der Waals surface area contributed by atoms with Gasteiger partial charge in [0, 0.05) is 31.2 Å². The van der Waals surface area contributed by atoms with Crippen molar-refractivity contribution < 1.29 is 5.11 Å². The molecule has 6 heteroatoms. The Balaban J connectivity index is 1.75. The van der Waals surface area contributed by atoms with Crippen LogP contribution in [0.4, 0.5) is 5.82 Å². The number of hydrogen-bond acceptors (Lipinski definition) is 5. The first-order valence-electron chi connectivity index (χ1n) is 5.63. The fraction of sp³-hybridized carbons (Fsp3) is 0.455. The highest BCUT2D eigenvalue weighted by molar-refractivity contribution is 7.99. The second-order valence-corrected chi connectivity index (χ2v) is 4.79. The van der Waals surface area contributed by atoms with Crippen LogP contribution < -0.4 is 5.32 Å². The molecular weight excluding hydrogens is 236 g/mol. The summed E-state index contributed by atoms with van der Waals surface area (Å²) in [4.78, 5) is 4.41. The van der Waals surface area contributed by atoms with Crippen molar-refractivity contribution in [2.45, 2.75) is 6.42 Å². The van der Waals surface area contributed by atoms with Gasteiger partial charge in [0.15, 0.2) is 5.65 Å². The zero-order valence-electron chi connectivity index (χ0n) is 9.54. The van der Waals surface area contributed by atoms with E-state index in [0.29, 0.717) is 0 Å². The van der Waals surface area contributed by atoms with E-state index in [1.165, 1.54) is 0 Å². The molecule has 2 aromatic heterocycles. The van der Waals surface area contributed by atoms with Crippen LogP contribution in [0, 0.1) is 0 Å². The van der Waals surface area contributed by atoms with Gasteiger partial charge in [-0.15, -0.1) is 0 Å². The Hall–Kier alpha value is -1.27. The second kappa shape index (κ2) is 6.46. The molecule has 0 aliphatic carbocycles. The van der Waals surface area contributed by atoms with Gasteiger partial charge in [-0.2, -0.15) is 16.9 Å². The largest absolute Gasteiger partial charge is 0.396 e. The van der Waals surface area contributed by atoms with Crippen LogP contribution in [0.3, 0.4) is 0 Å². The van der Waals surface area contributed by atoms with Gasteiger partial charge in [0.25, 0.3) is 0 Å². The predicted octanol–water partition coefficient (Wildman–Crippen LogP) is 1.26. The van der Waals surface area contributed by atoms with Crippen LogP contribution in [-0.4, -0.2) is 44.4 Å². The minimum atomic E-state index is 0.278. The van der Waals surface area contributed by atoms with Crippen LogP contribution in [0.15, 0.2) is 24.5 Å². The van der Waals surface area contributed by atoms with E-state index in [1.807, 2.05) is 30.1 Å². The number of aromatic nitrogens is 3. The third-order valence-electron chi connectivity index (χ3n) is 2.26. The highest BCUT2D eigenvalue weighted by Gasteiger charge is 1.97. The molecule has 0 aliphatic heterocycles. The first-order chi connectivity index (χ1) is 8.40. The van der Waals surface area contributed by atoms with Crippen LogP contribution in [0.1, 0.15) is 6.42 Å². The molecule has 0 aliphatic rings. The Labute approximate surface area is 104 Å². The third-order valence-corrected chi connectivity index (χ3v) is 3.33. The molecule has 0 radical (unpaired) electrons. The topological polar surface area (TPSA) is 62.5 Å². The van der Waals surface area contributed by atoms with E-state index in [4.69, 9.17) is 5.11 Å². The van der Waals surface area contributed by atoms with Crippen LogP contribution in [0.5, 0.6) is 0 Å². The maximum Gasteiger partial charge on any atom is 0.157 e. The lowest BCUT2D eigenvalue weighted by Gasteiger charge is -2.05. The lowest BCUT2D eigenvalue weighted by atomic mass is 10.5. The third kappa shape index (κ3) is 3.61. The molecule has 0 saturated carbocycles. The number of aliphatic hydroxyl groups is 1. The van der Waals surface area contributed by atoms with E-state index in [-0.39, 0.29) is 6.61 Å². The van der Waals surface area contributed by atoms with E-state index in [9.17, 15) is 0 Å². The van der Waals surface area contributed by atoms with Crippen LogP contribution in [-0.2, 0) is 0 Å². The van der Waals surface area contributed by atoms with Gasteiger partial charge < -0.3 is 10.4 Å². The van der Waals surface area contributed by atoms with Gasteiger partial charge in [-0.1, -0.05) is 0 Å². The smallest absolute Gasteiger partial charge is 0.157 e.